The number of rotatable bonds is 3. The van der Waals surface area contributed by atoms with E-state index in [2.05, 4.69) is 4.98 Å². The Hall–Kier alpha value is -3.72. The van der Waals surface area contributed by atoms with Gasteiger partial charge < -0.3 is 14.9 Å². The predicted octanol–water partition coefficient (Wildman–Crippen LogP) is 4.29. The topological polar surface area (TPSA) is 117 Å². The number of piperazine rings is 1. The molecule has 3 aromatic rings. The summed E-state index contributed by atoms with van der Waals surface area (Å²) in [5, 5.41) is 21.2. The minimum absolute atomic E-state index is 0.0225. The molecule has 0 aliphatic carbocycles. The number of carboxylic acid groups (broad SMARTS) is 1. The molecule has 2 aromatic carbocycles. The fraction of sp³-hybridized carbons (Fsp3) is 0.227. The number of pyridine rings is 1. The first kappa shape index (κ1) is 21.5. The van der Waals surface area contributed by atoms with E-state index in [1.807, 2.05) is 0 Å². The molecule has 2 heterocycles. The Morgan fingerprint density at radius 2 is 1.88 bits per heavy atom. The summed E-state index contributed by atoms with van der Waals surface area (Å²) in [5.41, 5.74) is 2.12. The number of halogens is 1. The van der Waals surface area contributed by atoms with Gasteiger partial charge in [0.15, 0.2) is 0 Å². The summed E-state index contributed by atoms with van der Waals surface area (Å²) in [6.07, 6.45) is -0.993. The van der Waals surface area contributed by atoms with E-state index in [0.717, 1.165) is 0 Å². The van der Waals surface area contributed by atoms with E-state index < -0.39 is 11.0 Å². The highest BCUT2D eigenvalue weighted by Gasteiger charge is 2.30. The van der Waals surface area contributed by atoms with Gasteiger partial charge in [0, 0.05) is 54.3 Å². The largest absolute Gasteiger partial charge is 0.465 e. The number of nitro benzene ring substituents is 1. The van der Waals surface area contributed by atoms with Gasteiger partial charge in [0.25, 0.3) is 11.6 Å². The van der Waals surface area contributed by atoms with Gasteiger partial charge in [0.1, 0.15) is 0 Å². The predicted molar refractivity (Wildman–Crippen MR) is 119 cm³/mol. The Kier molecular flexibility index (Phi) is 5.67. The van der Waals surface area contributed by atoms with E-state index in [1.165, 1.54) is 17.0 Å². The molecule has 1 aliphatic rings. The van der Waals surface area contributed by atoms with Gasteiger partial charge in [-0.3, -0.25) is 14.9 Å². The van der Waals surface area contributed by atoms with Crippen molar-refractivity contribution in [3.05, 3.63) is 69.2 Å². The lowest BCUT2D eigenvalue weighted by atomic mass is 10.1. The molecule has 0 radical (unpaired) electrons. The van der Waals surface area contributed by atoms with Gasteiger partial charge in [-0.15, -0.1) is 0 Å². The first-order valence-corrected chi connectivity index (χ1v) is 10.3. The van der Waals surface area contributed by atoms with Crippen molar-refractivity contribution in [2.75, 3.05) is 19.6 Å². The Morgan fingerprint density at radius 3 is 2.50 bits per heavy atom. The summed E-state index contributed by atoms with van der Waals surface area (Å²) < 4.78 is 0. The number of nitrogens with zero attached hydrogens (tertiary/aromatic N) is 4. The number of aromatic nitrogens is 1. The van der Waals surface area contributed by atoms with E-state index in [4.69, 9.17) is 11.6 Å². The fourth-order valence-corrected chi connectivity index (χ4v) is 4.09. The van der Waals surface area contributed by atoms with Crippen molar-refractivity contribution in [1.29, 1.82) is 0 Å². The SMILES string of the molecule is CC1CN(C(=O)c2ccc3c(Cl)cc(-c4ccc([N+](=O)[O-])cc4)nc3c2)CCN1C(=O)O. The van der Waals surface area contributed by atoms with E-state index in [0.29, 0.717) is 45.8 Å². The van der Waals surface area contributed by atoms with Crippen LogP contribution in [0.15, 0.2) is 48.5 Å². The Bertz CT molecular complexity index is 1230. The smallest absolute Gasteiger partial charge is 0.407 e. The molecule has 164 valence electrons. The van der Waals surface area contributed by atoms with E-state index in [1.54, 1.807) is 48.2 Å². The van der Waals surface area contributed by atoms with Crippen molar-refractivity contribution in [1.82, 2.24) is 14.8 Å². The number of non-ortho nitro benzene ring substituents is 1. The lowest BCUT2D eigenvalue weighted by molar-refractivity contribution is -0.384. The molecule has 1 atom stereocenters. The van der Waals surface area contributed by atoms with Crippen molar-refractivity contribution in [3.63, 3.8) is 0 Å². The van der Waals surface area contributed by atoms with E-state index >= 15 is 0 Å². The van der Waals surface area contributed by atoms with Crippen LogP contribution in [0.2, 0.25) is 5.02 Å². The van der Waals surface area contributed by atoms with Crippen LogP contribution in [-0.4, -0.2) is 62.5 Å². The first-order chi connectivity index (χ1) is 15.2. The van der Waals surface area contributed by atoms with Gasteiger partial charge in [0.2, 0.25) is 0 Å². The number of carbonyl (C=O) groups is 2. The van der Waals surface area contributed by atoms with Crippen LogP contribution in [-0.2, 0) is 0 Å². The third kappa shape index (κ3) is 4.06. The molecule has 2 amide bonds. The third-order valence-corrected chi connectivity index (χ3v) is 5.85. The van der Waals surface area contributed by atoms with Gasteiger partial charge in [-0.2, -0.15) is 0 Å². The Morgan fingerprint density at radius 1 is 1.16 bits per heavy atom. The molecule has 1 N–H and O–H groups in total. The second-order valence-electron chi connectivity index (χ2n) is 7.60. The van der Waals surface area contributed by atoms with Gasteiger partial charge in [-0.25, -0.2) is 9.78 Å². The molecule has 9 nitrogen and oxygen atoms in total. The molecule has 0 spiro atoms. The number of fused-ring (bicyclic) bond motifs is 1. The van der Waals surface area contributed by atoms with Gasteiger partial charge >= 0.3 is 6.09 Å². The van der Waals surface area contributed by atoms with Crippen LogP contribution in [0, 0.1) is 10.1 Å². The second-order valence-corrected chi connectivity index (χ2v) is 8.01. The number of benzene rings is 2. The maximum Gasteiger partial charge on any atom is 0.407 e. The second kappa shape index (κ2) is 8.43. The molecule has 1 aliphatic heterocycles. The maximum atomic E-state index is 13.0. The average Bonchev–Trinajstić information content (AvgIpc) is 2.77. The minimum Gasteiger partial charge on any atom is -0.465 e. The van der Waals surface area contributed by atoms with Gasteiger partial charge in [0.05, 0.1) is 21.2 Å². The zero-order valence-electron chi connectivity index (χ0n) is 17.1. The van der Waals surface area contributed by atoms with Crippen molar-refractivity contribution >= 4 is 40.2 Å². The van der Waals surface area contributed by atoms with Crippen molar-refractivity contribution in [2.45, 2.75) is 13.0 Å². The molecule has 1 fully saturated rings. The van der Waals surface area contributed by atoms with Crippen molar-refractivity contribution in [2.24, 2.45) is 0 Å². The first-order valence-electron chi connectivity index (χ1n) is 9.88. The van der Waals surface area contributed by atoms with Gasteiger partial charge in [-0.1, -0.05) is 17.7 Å². The lowest BCUT2D eigenvalue weighted by Crippen LogP contribution is -2.55. The van der Waals surface area contributed by atoms with Crippen LogP contribution in [0.4, 0.5) is 10.5 Å². The quantitative estimate of drug-likeness (QED) is 0.466. The lowest BCUT2D eigenvalue weighted by Gasteiger charge is -2.38. The highest BCUT2D eigenvalue weighted by atomic mass is 35.5. The number of hydrogen-bond acceptors (Lipinski definition) is 5. The Balaban J connectivity index is 1.64. The summed E-state index contributed by atoms with van der Waals surface area (Å²) in [6, 6.07) is 12.4. The molecular weight excluding hydrogens is 436 g/mol. The molecule has 1 saturated heterocycles. The normalized spacial score (nSPS) is 16.2. The molecule has 1 unspecified atom stereocenters. The highest BCUT2D eigenvalue weighted by Crippen LogP contribution is 2.30. The number of nitro groups is 1. The molecule has 10 heteroatoms. The monoisotopic (exact) mass is 454 g/mol. The molecule has 4 rings (SSSR count). The van der Waals surface area contributed by atoms with Gasteiger partial charge in [-0.05, 0) is 37.3 Å². The summed E-state index contributed by atoms with van der Waals surface area (Å²) in [7, 11) is 0. The highest BCUT2D eigenvalue weighted by molar-refractivity contribution is 6.35. The molecule has 1 aromatic heterocycles. The van der Waals surface area contributed by atoms with E-state index in [-0.39, 0.29) is 24.2 Å². The minimum atomic E-state index is -0.993. The number of hydrogen-bond donors (Lipinski definition) is 1. The number of amides is 2. The maximum absolute atomic E-state index is 13.0. The summed E-state index contributed by atoms with van der Waals surface area (Å²) in [6.45, 7) is 2.64. The van der Waals surface area contributed by atoms with Crippen LogP contribution >= 0.6 is 11.6 Å². The average molecular weight is 455 g/mol. The van der Waals surface area contributed by atoms with Crippen LogP contribution in [0.5, 0.6) is 0 Å². The zero-order valence-corrected chi connectivity index (χ0v) is 17.8. The van der Waals surface area contributed by atoms with E-state index in [9.17, 15) is 24.8 Å². The molecule has 32 heavy (non-hydrogen) atoms. The Labute approximate surface area is 188 Å². The number of carbonyl (C=O) groups excluding carboxylic acids is 1. The molecule has 0 bridgehead atoms. The standard InChI is InChI=1S/C22H19ClN4O5/c1-13-12-25(8-9-26(13)22(29)30)21(28)15-4-7-17-18(23)11-19(24-20(17)10-15)14-2-5-16(6-3-14)27(31)32/h2-7,10-11,13H,8-9,12H2,1H3,(H,29,30). The summed E-state index contributed by atoms with van der Waals surface area (Å²) >= 11 is 6.43. The molecular formula is C22H19ClN4O5. The summed E-state index contributed by atoms with van der Waals surface area (Å²) in [4.78, 5) is 42.3. The van der Waals surface area contributed by atoms with Crippen molar-refractivity contribution < 1.29 is 19.6 Å². The van der Waals surface area contributed by atoms with Crippen LogP contribution in [0.3, 0.4) is 0 Å². The molecule has 0 saturated carbocycles. The summed E-state index contributed by atoms with van der Waals surface area (Å²) in [5.74, 6) is -0.206. The zero-order chi connectivity index (χ0) is 23.0. The van der Waals surface area contributed by atoms with Crippen LogP contribution < -0.4 is 0 Å². The third-order valence-electron chi connectivity index (χ3n) is 5.54. The van der Waals surface area contributed by atoms with Crippen LogP contribution in [0.1, 0.15) is 17.3 Å². The van der Waals surface area contributed by atoms with Crippen molar-refractivity contribution in [3.8, 4) is 11.3 Å². The fourth-order valence-electron chi connectivity index (χ4n) is 3.83. The van der Waals surface area contributed by atoms with Crippen LogP contribution in [0.25, 0.3) is 22.2 Å².